The fraction of sp³-hybridized carbons (Fsp3) is 0.588. The second kappa shape index (κ2) is 5.32. The molecular formula is C17H25FN2O. The van der Waals surface area contributed by atoms with Gasteiger partial charge in [-0.2, -0.15) is 0 Å². The summed E-state index contributed by atoms with van der Waals surface area (Å²) in [6.07, 6.45) is 3.06. The van der Waals surface area contributed by atoms with Gasteiger partial charge in [0.25, 0.3) is 5.91 Å². The number of rotatable bonds is 2. The first-order chi connectivity index (χ1) is 9.58. The van der Waals surface area contributed by atoms with Crippen LogP contribution in [0.1, 0.15) is 57.3 Å². The topological polar surface area (TPSA) is 55.1 Å². The standard InChI is InChI=1S/C17H25FN2O/c1-16(2)8-12(9-17(3,4)10-16)20-15(21)11-5-6-13(18)14(19)7-11/h5-7,12H,8-10,19H2,1-4H3,(H,20,21). The third-order valence-electron chi connectivity index (χ3n) is 4.15. The lowest BCUT2D eigenvalue weighted by Crippen LogP contribution is -2.46. The molecule has 1 fully saturated rings. The Bertz CT molecular complexity index is 536. The quantitative estimate of drug-likeness (QED) is 0.816. The number of benzene rings is 1. The second-order valence-corrected chi connectivity index (χ2v) is 7.82. The molecule has 1 aliphatic carbocycles. The Balaban J connectivity index is 2.10. The average Bonchev–Trinajstić information content (AvgIpc) is 2.28. The zero-order valence-electron chi connectivity index (χ0n) is 13.3. The Hall–Kier alpha value is -1.58. The summed E-state index contributed by atoms with van der Waals surface area (Å²) in [7, 11) is 0. The molecule has 2 rings (SSSR count). The smallest absolute Gasteiger partial charge is 0.251 e. The van der Waals surface area contributed by atoms with Gasteiger partial charge in [-0.3, -0.25) is 4.79 Å². The van der Waals surface area contributed by atoms with Crippen molar-refractivity contribution in [3.8, 4) is 0 Å². The van der Waals surface area contributed by atoms with Gasteiger partial charge in [0.1, 0.15) is 5.82 Å². The van der Waals surface area contributed by atoms with Crippen LogP contribution in [-0.4, -0.2) is 11.9 Å². The van der Waals surface area contributed by atoms with E-state index in [1.54, 1.807) is 0 Å². The third kappa shape index (κ3) is 3.96. The van der Waals surface area contributed by atoms with E-state index in [0.29, 0.717) is 5.56 Å². The first-order valence-corrected chi connectivity index (χ1v) is 7.44. The van der Waals surface area contributed by atoms with Crippen molar-refractivity contribution in [2.75, 3.05) is 5.73 Å². The maximum absolute atomic E-state index is 13.2. The van der Waals surface area contributed by atoms with E-state index in [1.165, 1.54) is 18.2 Å². The summed E-state index contributed by atoms with van der Waals surface area (Å²) in [5.74, 6) is -0.674. The maximum Gasteiger partial charge on any atom is 0.251 e. The van der Waals surface area contributed by atoms with E-state index in [4.69, 9.17) is 5.73 Å². The van der Waals surface area contributed by atoms with Crippen LogP contribution in [0.4, 0.5) is 10.1 Å². The molecule has 0 heterocycles. The van der Waals surface area contributed by atoms with Gasteiger partial charge in [-0.25, -0.2) is 4.39 Å². The van der Waals surface area contributed by atoms with E-state index in [9.17, 15) is 9.18 Å². The van der Waals surface area contributed by atoms with Crippen LogP contribution in [0.3, 0.4) is 0 Å². The Labute approximate surface area is 126 Å². The van der Waals surface area contributed by atoms with E-state index in [2.05, 4.69) is 33.0 Å². The summed E-state index contributed by atoms with van der Waals surface area (Å²) < 4.78 is 13.2. The molecule has 0 unspecified atom stereocenters. The molecular weight excluding hydrogens is 267 g/mol. The lowest BCUT2D eigenvalue weighted by molar-refractivity contribution is 0.0713. The molecule has 0 aliphatic heterocycles. The first-order valence-electron chi connectivity index (χ1n) is 7.44. The van der Waals surface area contributed by atoms with Crippen molar-refractivity contribution in [1.29, 1.82) is 0 Å². The predicted octanol–water partition coefficient (Wildman–Crippen LogP) is 3.74. The van der Waals surface area contributed by atoms with Gasteiger partial charge in [0, 0.05) is 11.6 Å². The van der Waals surface area contributed by atoms with E-state index in [1.807, 2.05) is 0 Å². The molecule has 3 nitrogen and oxygen atoms in total. The molecule has 1 aromatic rings. The molecule has 1 aromatic carbocycles. The fourth-order valence-corrected chi connectivity index (χ4v) is 3.90. The van der Waals surface area contributed by atoms with Gasteiger partial charge in [-0.1, -0.05) is 27.7 Å². The number of hydrogen-bond donors (Lipinski definition) is 2. The second-order valence-electron chi connectivity index (χ2n) is 7.82. The number of anilines is 1. The Morgan fingerprint density at radius 2 is 1.81 bits per heavy atom. The zero-order valence-corrected chi connectivity index (χ0v) is 13.3. The number of nitrogen functional groups attached to an aromatic ring is 1. The summed E-state index contributed by atoms with van der Waals surface area (Å²) in [5, 5.41) is 3.08. The molecule has 0 bridgehead atoms. The van der Waals surface area contributed by atoms with Gasteiger partial charge in [0.2, 0.25) is 0 Å². The molecule has 1 amide bonds. The highest BCUT2D eigenvalue weighted by atomic mass is 19.1. The van der Waals surface area contributed by atoms with Gasteiger partial charge in [0.05, 0.1) is 5.69 Å². The molecule has 1 aliphatic rings. The van der Waals surface area contributed by atoms with Gasteiger partial charge in [0.15, 0.2) is 0 Å². The minimum absolute atomic E-state index is 0.00644. The number of amides is 1. The monoisotopic (exact) mass is 292 g/mol. The number of nitrogens with two attached hydrogens (primary N) is 1. The fourth-order valence-electron chi connectivity index (χ4n) is 3.90. The predicted molar refractivity (Wildman–Crippen MR) is 83.5 cm³/mol. The average molecular weight is 292 g/mol. The van der Waals surface area contributed by atoms with E-state index >= 15 is 0 Å². The van der Waals surface area contributed by atoms with Gasteiger partial charge >= 0.3 is 0 Å². The minimum Gasteiger partial charge on any atom is -0.396 e. The van der Waals surface area contributed by atoms with Crippen LogP contribution in [0.15, 0.2) is 18.2 Å². The molecule has 116 valence electrons. The van der Waals surface area contributed by atoms with E-state index in [-0.39, 0.29) is 28.5 Å². The Kier molecular flexibility index (Phi) is 4.00. The number of carbonyl (C=O) groups is 1. The normalized spacial score (nSPS) is 21.0. The largest absolute Gasteiger partial charge is 0.396 e. The lowest BCUT2D eigenvalue weighted by Gasteiger charge is -2.45. The number of carbonyl (C=O) groups excluding carboxylic acids is 1. The molecule has 3 N–H and O–H groups in total. The molecule has 4 heteroatoms. The molecule has 0 saturated heterocycles. The van der Waals surface area contributed by atoms with Gasteiger partial charge in [-0.05, 0) is 48.3 Å². The third-order valence-corrected chi connectivity index (χ3v) is 4.15. The van der Waals surface area contributed by atoms with Gasteiger partial charge in [-0.15, -0.1) is 0 Å². The summed E-state index contributed by atoms with van der Waals surface area (Å²) in [5.41, 5.74) is 6.36. The summed E-state index contributed by atoms with van der Waals surface area (Å²) in [6, 6.07) is 4.24. The molecule has 21 heavy (non-hydrogen) atoms. The highest BCUT2D eigenvalue weighted by Crippen LogP contribution is 2.45. The van der Waals surface area contributed by atoms with Crippen LogP contribution in [0.5, 0.6) is 0 Å². The molecule has 1 saturated carbocycles. The molecule has 0 spiro atoms. The van der Waals surface area contributed by atoms with Crippen LogP contribution in [0, 0.1) is 16.6 Å². The van der Waals surface area contributed by atoms with E-state index < -0.39 is 5.82 Å². The minimum atomic E-state index is -0.494. The summed E-state index contributed by atoms with van der Waals surface area (Å²) in [6.45, 7) is 8.96. The van der Waals surface area contributed by atoms with Crippen molar-refractivity contribution in [1.82, 2.24) is 5.32 Å². The van der Waals surface area contributed by atoms with E-state index in [0.717, 1.165) is 19.3 Å². The van der Waals surface area contributed by atoms with Crippen molar-refractivity contribution >= 4 is 11.6 Å². The lowest BCUT2D eigenvalue weighted by atomic mass is 9.63. The zero-order chi connectivity index (χ0) is 15.8. The van der Waals surface area contributed by atoms with Crippen LogP contribution in [-0.2, 0) is 0 Å². The van der Waals surface area contributed by atoms with Crippen molar-refractivity contribution in [3.05, 3.63) is 29.6 Å². The number of halogens is 1. The Morgan fingerprint density at radius 3 is 2.33 bits per heavy atom. The molecule has 0 radical (unpaired) electrons. The highest BCUT2D eigenvalue weighted by molar-refractivity contribution is 5.95. The van der Waals surface area contributed by atoms with Crippen LogP contribution >= 0.6 is 0 Å². The Morgan fingerprint density at radius 1 is 1.24 bits per heavy atom. The molecule has 0 atom stereocenters. The van der Waals surface area contributed by atoms with Gasteiger partial charge < -0.3 is 11.1 Å². The van der Waals surface area contributed by atoms with Crippen molar-refractivity contribution < 1.29 is 9.18 Å². The molecule has 0 aromatic heterocycles. The maximum atomic E-state index is 13.2. The van der Waals surface area contributed by atoms with Crippen LogP contribution < -0.4 is 11.1 Å². The van der Waals surface area contributed by atoms with Crippen LogP contribution in [0.2, 0.25) is 0 Å². The summed E-state index contributed by atoms with van der Waals surface area (Å²) >= 11 is 0. The van der Waals surface area contributed by atoms with Crippen LogP contribution in [0.25, 0.3) is 0 Å². The SMILES string of the molecule is CC1(C)CC(NC(=O)c2ccc(F)c(N)c2)CC(C)(C)C1. The number of hydrogen-bond acceptors (Lipinski definition) is 2. The first kappa shape index (κ1) is 15.8. The van der Waals surface area contributed by atoms with Crippen molar-refractivity contribution in [2.24, 2.45) is 10.8 Å². The number of nitrogens with one attached hydrogen (secondary N) is 1. The highest BCUT2D eigenvalue weighted by Gasteiger charge is 2.38. The van der Waals surface area contributed by atoms with Crippen molar-refractivity contribution in [2.45, 2.75) is 53.0 Å². The summed E-state index contributed by atoms with van der Waals surface area (Å²) in [4.78, 5) is 12.3. The van der Waals surface area contributed by atoms with Crippen molar-refractivity contribution in [3.63, 3.8) is 0 Å².